The minimum absolute atomic E-state index is 0.0217. The number of nitrogens with zero attached hydrogens (tertiary/aromatic N) is 1. The number of aliphatic hydroxyl groups is 1. The summed E-state index contributed by atoms with van der Waals surface area (Å²) in [5.41, 5.74) is 0.273. The number of ether oxygens (including phenoxy) is 1. The van der Waals surface area contributed by atoms with Crippen LogP contribution in [0.2, 0.25) is 0 Å². The highest BCUT2D eigenvalue weighted by atomic mass is 19.3. The maximum atomic E-state index is 12.0. The number of alkyl halides is 2. The molecule has 0 bridgehead atoms. The summed E-state index contributed by atoms with van der Waals surface area (Å²) in [6, 6.07) is 2.76. The van der Waals surface area contributed by atoms with Crippen LogP contribution in [0.25, 0.3) is 0 Å². The van der Waals surface area contributed by atoms with Crippen molar-refractivity contribution in [2.75, 3.05) is 13.2 Å². The van der Waals surface area contributed by atoms with Gasteiger partial charge in [0.1, 0.15) is 0 Å². The SMILES string of the molecule is CCC(O)CCNC(=O)c1ccnc(OCC(F)F)c1. The van der Waals surface area contributed by atoms with E-state index in [0.717, 1.165) is 0 Å². The number of halogens is 2. The Hall–Kier alpha value is -1.76. The Morgan fingerprint density at radius 2 is 2.30 bits per heavy atom. The van der Waals surface area contributed by atoms with Gasteiger partial charge in [-0.15, -0.1) is 0 Å². The summed E-state index contributed by atoms with van der Waals surface area (Å²) < 4.78 is 28.7. The van der Waals surface area contributed by atoms with Gasteiger partial charge in [0.2, 0.25) is 5.88 Å². The van der Waals surface area contributed by atoms with Crippen LogP contribution in [0.4, 0.5) is 8.78 Å². The van der Waals surface area contributed by atoms with Crippen LogP contribution in [-0.4, -0.2) is 41.7 Å². The van der Waals surface area contributed by atoms with E-state index >= 15 is 0 Å². The molecule has 1 unspecified atom stereocenters. The molecule has 1 heterocycles. The molecule has 0 saturated carbocycles. The molecule has 0 saturated heterocycles. The molecule has 1 aromatic rings. The fraction of sp³-hybridized carbons (Fsp3) is 0.538. The first-order chi connectivity index (χ1) is 9.52. The highest BCUT2D eigenvalue weighted by Crippen LogP contribution is 2.10. The molecule has 2 N–H and O–H groups in total. The Morgan fingerprint density at radius 3 is 2.95 bits per heavy atom. The van der Waals surface area contributed by atoms with Gasteiger partial charge in [-0.25, -0.2) is 13.8 Å². The van der Waals surface area contributed by atoms with E-state index in [9.17, 15) is 18.7 Å². The molecular formula is C13H18F2N2O3. The molecule has 1 atom stereocenters. The molecule has 20 heavy (non-hydrogen) atoms. The third-order valence-electron chi connectivity index (χ3n) is 2.59. The lowest BCUT2D eigenvalue weighted by Crippen LogP contribution is -2.27. The van der Waals surface area contributed by atoms with E-state index < -0.39 is 19.1 Å². The second-order valence-corrected chi connectivity index (χ2v) is 4.19. The van der Waals surface area contributed by atoms with Crippen LogP contribution in [0.3, 0.4) is 0 Å². The van der Waals surface area contributed by atoms with Crippen LogP contribution in [-0.2, 0) is 0 Å². The molecule has 0 spiro atoms. The Balaban J connectivity index is 2.49. The maximum absolute atomic E-state index is 12.0. The average Bonchev–Trinajstić information content (AvgIpc) is 2.45. The average molecular weight is 288 g/mol. The number of nitrogens with one attached hydrogen (secondary N) is 1. The van der Waals surface area contributed by atoms with E-state index in [-0.39, 0.29) is 17.4 Å². The summed E-state index contributed by atoms with van der Waals surface area (Å²) >= 11 is 0. The summed E-state index contributed by atoms with van der Waals surface area (Å²) in [5.74, 6) is -0.385. The molecule has 0 aliphatic carbocycles. The highest BCUT2D eigenvalue weighted by molar-refractivity contribution is 5.94. The second kappa shape index (κ2) is 8.42. The Labute approximate surface area is 116 Å². The van der Waals surface area contributed by atoms with Crippen molar-refractivity contribution in [3.05, 3.63) is 23.9 Å². The molecule has 7 heteroatoms. The largest absolute Gasteiger partial charge is 0.472 e. The predicted octanol–water partition coefficient (Wildman–Crippen LogP) is 1.62. The van der Waals surface area contributed by atoms with Gasteiger partial charge in [0.15, 0.2) is 6.61 Å². The number of amides is 1. The van der Waals surface area contributed by atoms with Crippen molar-refractivity contribution in [2.45, 2.75) is 32.3 Å². The first-order valence-electron chi connectivity index (χ1n) is 6.36. The number of aromatic nitrogens is 1. The van der Waals surface area contributed by atoms with E-state index in [0.29, 0.717) is 19.4 Å². The van der Waals surface area contributed by atoms with Crippen molar-refractivity contribution in [1.82, 2.24) is 10.3 Å². The summed E-state index contributed by atoms with van der Waals surface area (Å²) in [4.78, 5) is 15.5. The van der Waals surface area contributed by atoms with Crippen LogP contribution in [0.1, 0.15) is 30.1 Å². The van der Waals surface area contributed by atoms with Crippen molar-refractivity contribution >= 4 is 5.91 Å². The fourth-order valence-corrected chi connectivity index (χ4v) is 1.44. The molecular weight excluding hydrogens is 270 g/mol. The van der Waals surface area contributed by atoms with Gasteiger partial charge >= 0.3 is 0 Å². The van der Waals surface area contributed by atoms with Gasteiger partial charge in [-0.2, -0.15) is 0 Å². The van der Waals surface area contributed by atoms with Crippen LogP contribution < -0.4 is 10.1 Å². The monoisotopic (exact) mass is 288 g/mol. The fourth-order valence-electron chi connectivity index (χ4n) is 1.44. The topological polar surface area (TPSA) is 71.5 Å². The van der Waals surface area contributed by atoms with Crippen LogP contribution in [0.5, 0.6) is 5.88 Å². The number of aliphatic hydroxyl groups excluding tert-OH is 1. The Kier molecular flexibility index (Phi) is 6.86. The number of hydrogen-bond acceptors (Lipinski definition) is 4. The van der Waals surface area contributed by atoms with E-state index in [2.05, 4.69) is 10.3 Å². The molecule has 0 aliphatic rings. The van der Waals surface area contributed by atoms with E-state index in [1.807, 2.05) is 6.92 Å². The molecule has 1 rings (SSSR count). The van der Waals surface area contributed by atoms with Crippen LogP contribution >= 0.6 is 0 Å². The lowest BCUT2D eigenvalue weighted by molar-refractivity contribution is 0.0794. The minimum Gasteiger partial charge on any atom is -0.472 e. The highest BCUT2D eigenvalue weighted by Gasteiger charge is 2.10. The summed E-state index contributed by atoms with van der Waals surface area (Å²) in [5, 5.41) is 12.0. The maximum Gasteiger partial charge on any atom is 0.272 e. The lowest BCUT2D eigenvalue weighted by atomic mass is 10.2. The van der Waals surface area contributed by atoms with Gasteiger partial charge in [0.25, 0.3) is 12.3 Å². The molecule has 0 aromatic carbocycles. The van der Waals surface area contributed by atoms with Crippen LogP contribution in [0, 0.1) is 0 Å². The minimum atomic E-state index is -2.59. The van der Waals surface area contributed by atoms with Gasteiger partial charge in [-0.1, -0.05) is 6.92 Å². The predicted molar refractivity (Wildman–Crippen MR) is 69.0 cm³/mol. The van der Waals surface area contributed by atoms with E-state index in [1.165, 1.54) is 18.3 Å². The standard InChI is InChI=1S/C13H18F2N2O3/c1-2-10(18)4-6-17-13(19)9-3-5-16-12(7-9)20-8-11(14)15/h3,5,7,10-11,18H,2,4,6,8H2,1H3,(H,17,19). The van der Waals surface area contributed by atoms with Gasteiger partial charge in [0, 0.05) is 24.4 Å². The van der Waals surface area contributed by atoms with Gasteiger partial charge in [-0.05, 0) is 18.9 Å². The Bertz CT molecular complexity index is 430. The zero-order valence-corrected chi connectivity index (χ0v) is 11.2. The first kappa shape index (κ1) is 16.3. The zero-order valence-electron chi connectivity index (χ0n) is 11.2. The number of carbonyl (C=O) groups excluding carboxylic acids is 1. The summed E-state index contributed by atoms with van der Waals surface area (Å²) in [7, 11) is 0. The Morgan fingerprint density at radius 1 is 1.55 bits per heavy atom. The van der Waals surface area contributed by atoms with Crippen molar-refractivity contribution in [2.24, 2.45) is 0 Å². The quantitative estimate of drug-likeness (QED) is 0.762. The second-order valence-electron chi connectivity index (χ2n) is 4.19. The molecule has 1 amide bonds. The molecule has 5 nitrogen and oxygen atoms in total. The van der Waals surface area contributed by atoms with Gasteiger partial charge < -0.3 is 15.2 Å². The van der Waals surface area contributed by atoms with Crippen molar-refractivity contribution < 1.29 is 23.4 Å². The van der Waals surface area contributed by atoms with Gasteiger partial charge in [-0.3, -0.25) is 4.79 Å². The lowest BCUT2D eigenvalue weighted by Gasteiger charge is -2.09. The van der Waals surface area contributed by atoms with Crippen molar-refractivity contribution in [1.29, 1.82) is 0 Å². The number of hydrogen-bond donors (Lipinski definition) is 2. The van der Waals surface area contributed by atoms with Gasteiger partial charge in [0.05, 0.1) is 6.10 Å². The number of rotatable bonds is 8. The van der Waals surface area contributed by atoms with Crippen molar-refractivity contribution in [3.63, 3.8) is 0 Å². The normalized spacial score (nSPS) is 12.2. The summed E-state index contributed by atoms with van der Waals surface area (Å²) in [6.45, 7) is 1.42. The third kappa shape index (κ3) is 5.92. The zero-order chi connectivity index (χ0) is 15.0. The van der Waals surface area contributed by atoms with E-state index in [1.54, 1.807) is 0 Å². The number of pyridine rings is 1. The molecule has 0 fully saturated rings. The smallest absolute Gasteiger partial charge is 0.272 e. The molecule has 1 aromatic heterocycles. The third-order valence-corrected chi connectivity index (χ3v) is 2.59. The van der Waals surface area contributed by atoms with E-state index in [4.69, 9.17) is 4.74 Å². The first-order valence-corrected chi connectivity index (χ1v) is 6.36. The van der Waals surface area contributed by atoms with Crippen LogP contribution in [0.15, 0.2) is 18.3 Å². The van der Waals surface area contributed by atoms with Crippen molar-refractivity contribution in [3.8, 4) is 5.88 Å². The number of carbonyl (C=O) groups is 1. The molecule has 0 aliphatic heterocycles. The summed E-state index contributed by atoms with van der Waals surface area (Å²) in [6.07, 6.45) is -0.641. The molecule has 0 radical (unpaired) electrons. The molecule has 112 valence electrons.